The molecule has 1 aromatic carbocycles. The molecule has 0 bridgehead atoms. The molecule has 112 valence electrons. The van der Waals surface area contributed by atoms with Gasteiger partial charge in [0, 0.05) is 25.1 Å². The monoisotopic (exact) mass is 302 g/mol. The molecule has 2 aromatic rings. The van der Waals surface area contributed by atoms with Crippen molar-refractivity contribution < 1.29 is 4.74 Å². The van der Waals surface area contributed by atoms with Crippen molar-refractivity contribution in [3.8, 4) is 0 Å². The summed E-state index contributed by atoms with van der Waals surface area (Å²) in [5.74, 6) is 0. The molecule has 4 heteroatoms. The minimum absolute atomic E-state index is 0.0364. The molecule has 2 heterocycles. The van der Waals surface area contributed by atoms with Crippen LogP contribution in [-0.2, 0) is 16.7 Å². The van der Waals surface area contributed by atoms with E-state index in [4.69, 9.17) is 9.72 Å². The highest BCUT2D eigenvalue weighted by Gasteiger charge is 2.38. The molecule has 1 saturated heterocycles. The number of ether oxygens (including phenoxy) is 1. The summed E-state index contributed by atoms with van der Waals surface area (Å²) in [6.07, 6.45) is 2.04. The van der Waals surface area contributed by atoms with E-state index in [1.807, 2.05) is 0 Å². The van der Waals surface area contributed by atoms with E-state index in [0.29, 0.717) is 0 Å². The lowest BCUT2D eigenvalue weighted by atomic mass is 9.74. The summed E-state index contributed by atoms with van der Waals surface area (Å²) < 4.78 is 5.60. The molecule has 3 rings (SSSR count). The van der Waals surface area contributed by atoms with Gasteiger partial charge < -0.3 is 10.1 Å². The minimum atomic E-state index is 0.0364. The van der Waals surface area contributed by atoms with Crippen molar-refractivity contribution in [2.45, 2.75) is 31.7 Å². The van der Waals surface area contributed by atoms with Gasteiger partial charge in [-0.15, -0.1) is 11.3 Å². The second kappa shape index (κ2) is 6.69. The van der Waals surface area contributed by atoms with Crippen LogP contribution in [0.4, 0.5) is 0 Å². The third-order valence-corrected chi connectivity index (χ3v) is 5.29. The summed E-state index contributed by atoms with van der Waals surface area (Å²) in [6, 6.07) is 10.8. The van der Waals surface area contributed by atoms with Gasteiger partial charge in [-0.1, -0.05) is 37.3 Å². The van der Waals surface area contributed by atoms with E-state index >= 15 is 0 Å². The van der Waals surface area contributed by atoms with Gasteiger partial charge in [0.05, 0.1) is 11.1 Å². The molecule has 21 heavy (non-hydrogen) atoms. The van der Waals surface area contributed by atoms with E-state index < -0.39 is 0 Å². The first-order valence-electron chi connectivity index (χ1n) is 7.64. The molecule has 0 radical (unpaired) electrons. The Morgan fingerprint density at radius 2 is 2.00 bits per heavy atom. The third kappa shape index (κ3) is 3.03. The Balaban J connectivity index is 1.94. The van der Waals surface area contributed by atoms with Gasteiger partial charge in [0.2, 0.25) is 0 Å². The molecule has 1 aromatic heterocycles. The topological polar surface area (TPSA) is 34.1 Å². The van der Waals surface area contributed by atoms with Gasteiger partial charge in [0.25, 0.3) is 0 Å². The second-order valence-electron chi connectivity index (χ2n) is 5.48. The maximum Gasteiger partial charge on any atom is 0.104 e. The highest BCUT2D eigenvalue weighted by molar-refractivity contribution is 7.09. The fourth-order valence-electron chi connectivity index (χ4n) is 2.96. The highest BCUT2D eigenvalue weighted by Crippen LogP contribution is 2.42. The summed E-state index contributed by atoms with van der Waals surface area (Å²) in [6.45, 7) is 5.59. The Morgan fingerprint density at radius 1 is 1.24 bits per heavy atom. The molecule has 1 aliphatic rings. The van der Waals surface area contributed by atoms with Crippen LogP contribution in [0.2, 0.25) is 0 Å². The zero-order valence-corrected chi connectivity index (χ0v) is 13.3. The highest BCUT2D eigenvalue weighted by atomic mass is 32.1. The molecule has 0 amide bonds. The summed E-state index contributed by atoms with van der Waals surface area (Å²) in [5.41, 5.74) is 2.56. The lowest BCUT2D eigenvalue weighted by molar-refractivity contribution is 0.0630. The number of nitrogens with zero attached hydrogens (tertiary/aromatic N) is 1. The third-order valence-electron chi connectivity index (χ3n) is 4.19. The number of hydrogen-bond donors (Lipinski definition) is 1. The Bertz CT molecular complexity index is 561. The Morgan fingerprint density at radius 3 is 2.71 bits per heavy atom. The van der Waals surface area contributed by atoms with Crippen LogP contribution in [0.15, 0.2) is 35.7 Å². The van der Waals surface area contributed by atoms with E-state index in [0.717, 1.165) is 44.8 Å². The average molecular weight is 302 g/mol. The Kier molecular flexibility index (Phi) is 4.68. The summed E-state index contributed by atoms with van der Waals surface area (Å²) in [5, 5.41) is 6.79. The van der Waals surface area contributed by atoms with E-state index in [-0.39, 0.29) is 5.41 Å². The molecular formula is C17H22N2OS. The molecule has 0 aliphatic carbocycles. The molecule has 1 aliphatic heterocycles. The largest absolute Gasteiger partial charge is 0.381 e. The van der Waals surface area contributed by atoms with Crippen LogP contribution >= 0.6 is 11.3 Å². The Hall–Kier alpha value is -1.23. The van der Waals surface area contributed by atoms with Crippen molar-refractivity contribution in [2.24, 2.45) is 0 Å². The van der Waals surface area contributed by atoms with E-state index in [1.165, 1.54) is 10.6 Å². The van der Waals surface area contributed by atoms with Gasteiger partial charge in [-0.05, 0) is 24.9 Å². The zero-order chi connectivity index (χ0) is 14.5. The summed E-state index contributed by atoms with van der Waals surface area (Å²) in [7, 11) is 0. The smallest absolute Gasteiger partial charge is 0.104 e. The molecule has 0 unspecified atom stereocenters. The zero-order valence-electron chi connectivity index (χ0n) is 12.5. The molecule has 0 atom stereocenters. The van der Waals surface area contributed by atoms with Crippen LogP contribution < -0.4 is 5.32 Å². The van der Waals surface area contributed by atoms with Crippen molar-refractivity contribution in [1.29, 1.82) is 0 Å². The number of hydrogen-bond acceptors (Lipinski definition) is 4. The van der Waals surface area contributed by atoms with Gasteiger partial charge in [-0.3, -0.25) is 0 Å². The van der Waals surface area contributed by atoms with Crippen LogP contribution in [0.1, 0.15) is 36.0 Å². The lowest BCUT2D eigenvalue weighted by Crippen LogP contribution is -2.35. The first-order chi connectivity index (χ1) is 10.3. The molecule has 1 N–H and O–H groups in total. The van der Waals surface area contributed by atoms with Crippen LogP contribution in [0.25, 0.3) is 0 Å². The molecular weight excluding hydrogens is 280 g/mol. The van der Waals surface area contributed by atoms with Crippen LogP contribution in [-0.4, -0.2) is 24.7 Å². The van der Waals surface area contributed by atoms with Crippen LogP contribution in [0, 0.1) is 0 Å². The maximum absolute atomic E-state index is 5.60. The summed E-state index contributed by atoms with van der Waals surface area (Å²) in [4.78, 5) is 4.92. The summed E-state index contributed by atoms with van der Waals surface area (Å²) >= 11 is 1.79. The average Bonchev–Trinajstić information content (AvgIpc) is 3.04. The van der Waals surface area contributed by atoms with Gasteiger partial charge >= 0.3 is 0 Å². The van der Waals surface area contributed by atoms with Crippen LogP contribution in [0.5, 0.6) is 0 Å². The van der Waals surface area contributed by atoms with Gasteiger partial charge in [-0.25, -0.2) is 4.98 Å². The van der Waals surface area contributed by atoms with Crippen molar-refractivity contribution in [3.63, 3.8) is 0 Å². The van der Waals surface area contributed by atoms with Crippen molar-refractivity contribution in [3.05, 3.63) is 52.0 Å². The predicted octanol–water partition coefficient (Wildman–Crippen LogP) is 3.35. The molecule has 0 saturated carbocycles. The van der Waals surface area contributed by atoms with Crippen molar-refractivity contribution >= 4 is 11.3 Å². The lowest BCUT2D eigenvalue weighted by Gasteiger charge is -2.36. The van der Waals surface area contributed by atoms with Gasteiger partial charge in [0.1, 0.15) is 5.01 Å². The number of aromatic nitrogens is 1. The van der Waals surface area contributed by atoms with E-state index in [2.05, 4.69) is 48.0 Å². The second-order valence-corrected chi connectivity index (χ2v) is 6.34. The first kappa shape index (κ1) is 14.7. The number of benzene rings is 1. The normalized spacial score (nSPS) is 17.8. The number of thiazole rings is 1. The first-order valence-corrected chi connectivity index (χ1v) is 8.52. The molecule has 0 spiro atoms. The molecule has 3 nitrogen and oxygen atoms in total. The number of rotatable bonds is 5. The quantitative estimate of drug-likeness (QED) is 0.919. The van der Waals surface area contributed by atoms with Crippen LogP contribution in [0.3, 0.4) is 0 Å². The number of nitrogens with one attached hydrogen (secondary N) is 1. The fourth-order valence-corrected chi connectivity index (χ4v) is 4.07. The fraction of sp³-hybridized carbons (Fsp3) is 0.471. The predicted molar refractivity (Wildman–Crippen MR) is 86.8 cm³/mol. The van der Waals surface area contributed by atoms with E-state index in [1.54, 1.807) is 11.3 Å². The minimum Gasteiger partial charge on any atom is -0.381 e. The SMILES string of the molecule is CCNCc1csc(C2(c3ccccc3)CCOCC2)n1. The van der Waals surface area contributed by atoms with E-state index in [9.17, 15) is 0 Å². The van der Waals surface area contributed by atoms with Crippen molar-refractivity contribution in [1.82, 2.24) is 10.3 Å². The van der Waals surface area contributed by atoms with Gasteiger partial charge in [0.15, 0.2) is 0 Å². The Labute approximate surface area is 130 Å². The van der Waals surface area contributed by atoms with Gasteiger partial charge in [-0.2, -0.15) is 0 Å². The standard InChI is InChI=1S/C17H22N2OS/c1-2-18-12-15-13-21-16(19-15)17(8-10-20-11-9-17)14-6-4-3-5-7-14/h3-7,13,18H,2,8-12H2,1H3. The van der Waals surface area contributed by atoms with Crippen molar-refractivity contribution in [2.75, 3.05) is 19.8 Å². The maximum atomic E-state index is 5.60. The molecule has 1 fully saturated rings.